The summed E-state index contributed by atoms with van der Waals surface area (Å²) in [4.78, 5) is 4.04. The fraction of sp³-hybridized carbons (Fsp3) is 0.357. The van der Waals surface area contributed by atoms with Crippen LogP contribution in [0, 0.1) is 0 Å². The molecule has 0 aliphatic carbocycles. The van der Waals surface area contributed by atoms with Crippen molar-refractivity contribution in [1.29, 1.82) is 0 Å². The summed E-state index contributed by atoms with van der Waals surface area (Å²) in [5.41, 5.74) is 2.79. The number of aliphatic hydroxyl groups is 1. The van der Waals surface area contributed by atoms with Gasteiger partial charge in [-0.25, -0.2) is 4.98 Å². The van der Waals surface area contributed by atoms with Crippen molar-refractivity contribution in [2.45, 2.75) is 18.9 Å². The normalized spacial score (nSPS) is 15.9. The first-order valence-electron chi connectivity index (χ1n) is 6.16. The van der Waals surface area contributed by atoms with Crippen molar-refractivity contribution < 1.29 is 9.84 Å². The number of rotatable bonds is 2. The van der Waals surface area contributed by atoms with Crippen LogP contribution in [0.15, 0.2) is 30.7 Å². The Bertz CT molecular complexity index is 563. The van der Waals surface area contributed by atoms with E-state index in [1.165, 1.54) is 5.56 Å². The van der Waals surface area contributed by atoms with Crippen molar-refractivity contribution in [1.82, 2.24) is 9.55 Å². The van der Waals surface area contributed by atoms with Gasteiger partial charge in [0.2, 0.25) is 0 Å². The number of fused-ring (bicyclic) bond motifs is 1. The molecule has 1 aromatic heterocycles. The Labute approximate surface area is 106 Å². The van der Waals surface area contributed by atoms with Gasteiger partial charge in [-0.15, -0.1) is 0 Å². The number of hydrogen-bond donors (Lipinski definition) is 1. The second kappa shape index (κ2) is 4.46. The molecular weight excluding hydrogens is 228 g/mol. The molecule has 0 radical (unpaired) electrons. The van der Waals surface area contributed by atoms with Crippen LogP contribution >= 0.6 is 0 Å². The number of para-hydroxylation sites is 1. The quantitative estimate of drug-likeness (QED) is 0.876. The summed E-state index contributed by atoms with van der Waals surface area (Å²) in [6, 6.07) is 5.96. The molecule has 2 heterocycles. The van der Waals surface area contributed by atoms with Gasteiger partial charge in [-0.1, -0.05) is 18.2 Å². The van der Waals surface area contributed by atoms with Gasteiger partial charge in [-0.05, 0) is 18.4 Å². The Morgan fingerprint density at radius 3 is 3.11 bits per heavy atom. The number of benzene rings is 1. The van der Waals surface area contributed by atoms with E-state index in [1.54, 1.807) is 12.5 Å². The minimum atomic E-state index is -0.689. The number of aryl methyl sites for hydroxylation is 2. The third-order valence-electron chi connectivity index (χ3n) is 3.39. The van der Waals surface area contributed by atoms with Crippen molar-refractivity contribution >= 4 is 0 Å². The Morgan fingerprint density at radius 1 is 1.44 bits per heavy atom. The van der Waals surface area contributed by atoms with Crippen molar-refractivity contribution in [3.8, 4) is 5.75 Å². The molecule has 1 atom stereocenters. The molecule has 0 saturated carbocycles. The van der Waals surface area contributed by atoms with Crippen LogP contribution in [0.1, 0.15) is 29.3 Å². The first kappa shape index (κ1) is 11.3. The molecule has 3 rings (SSSR count). The maximum atomic E-state index is 10.5. The van der Waals surface area contributed by atoms with E-state index in [0.29, 0.717) is 0 Å². The Balaban J connectivity index is 2.04. The zero-order valence-corrected chi connectivity index (χ0v) is 10.3. The monoisotopic (exact) mass is 244 g/mol. The number of ether oxygens (including phenoxy) is 1. The number of aliphatic hydroxyl groups excluding tert-OH is 1. The van der Waals surface area contributed by atoms with E-state index in [9.17, 15) is 5.11 Å². The van der Waals surface area contributed by atoms with Crippen LogP contribution in [0.3, 0.4) is 0 Å². The highest BCUT2D eigenvalue weighted by atomic mass is 16.5. The zero-order valence-electron chi connectivity index (χ0n) is 10.3. The summed E-state index contributed by atoms with van der Waals surface area (Å²) in [5.74, 6) is 0.845. The molecule has 0 saturated heterocycles. The van der Waals surface area contributed by atoms with E-state index in [4.69, 9.17) is 4.74 Å². The van der Waals surface area contributed by atoms with Crippen molar-refractivity contribution in [3.05, 3.63) is 47.5 Å². The van der Waals surface area contributed by atoms with Gasteiger partial charge in [0.1, 0.15) is 11.9 Å². The molecule has 1 unspecified atom stereocenters. The largest absolute Gasteiger partial charge is 0.493 e. The fourth-order valence-electron chi connectivity index (χ4n) is 2.42. The Morgan fingerprint density at radius 2 is 2.33 bits per heavy atom. The van der Waals surface area contributed by atoms with Gasteiger partial charge in [0, 0.05) is 12.6 Å². The maximum Gasteiger partial charge on any atom is 0.128 e. The Hall–Kier alpha value is -1.81. The highest BCUT2D eigenvalue weighted by molar-refractivity contribution is 5.46. The van der Waals surface area contributed by atoms with Gasteiger partial charge in [-0.2, -0.15) is 0 Å². The SMILES string of the molecule is Cn1cncc1C(O)c1cccc2c1OCCC2. The summed E-state index contributed by atoms with van der Waals surface area (Å²) in [5, 5.41) is 10.5. The maximum absolute atomic E-state index is 10.5. The van der Waals surface area contributed by atoms with Crippen molar-refractivity contribution in [3.63, 3.8) is 0 Å². The van der Waals surface area contributed by atoms with Crippen LogP contribution in [0.2, 0.25) is 0 Å². The molecule has 1 aliphatic heterocycles. The number of hydrogen-bond acceptors (Lipinski definition) is 3. The first-order chi connectivity index (χ1) is 8.77. The predicted octanol–water partition coefficient (Wildman–Crippen LogP) is 1.83. The van der Waals surface area contributed by atoms with E-state index in [0.717, 1.165) is 36.5 Å². The molecule has 4 heteroatoms. The lowest BCUT2D eigenvalue weighted by Crippen LogP contribution is -2.13. The van der Waals surface area contributed by atoms with Crippen LogP contribution in [0.4, 0.5) is 0 Å². The lowest BCUT2D eigenvalue weighted by Gasteiger charge is -2.22. The highest BCUT2D eigenvalue weighted by Crippen LogP contribution is 2.35. The average molecular weight is 244 g/mol. The molecule has 0 fully saturated rings. The molecule has 0 bridgehead atoms. The molecule has 0 spiro atoms. The van der Waals surface area contributed by atoms with E-state index in [1.807, 2.05) is 23.7 Å². The van der Waals surface area contributed by atoms with Gasteiger partial charge in [0.15, 0.2) is 0 Å². The summed E-state index contributed by atoms with van der Waals surface area (Å²) in [6.45, 7) is 0.724. The summed E-state index contributed by atoms with van der Waals surface area (Å²) >= 11 is 0. The van der Waals surface area contributed by atoms with Gasteiger partial charge in [0.25, 0.3) is 0 Å². The third kappa shape index (κ3) is 1.78. The summed E-state index contributed by atoms with van der Waals surface area (Å²) < 4.78 is 7.55. The minimum Gasteiger partial charge on any atom is -0.493 e. The topological polar surface area (TPSA) is 47.3 Å². The number of imidazole rings is 1. The van der Waals surface area contributed by atoms with Crippen molar-refractivity contribution in [2.75, 3.05) is 6.61 Å². The van der Waals surface area contributed by atoms with Crippen molar-refractivity contribution in [2.24, 2.45) is 7.05 Å². The molecule has 94 valence electrons. The lowest BCUT2D eigenvalue weighted by atomic mass is 9.98. The molecule has 2 aromatic rings. The van der Waals surface area contributed by atoms with Gasteiger partial charge in [0.05, 0.1) is 24.8 Å². The van der Waals surface area contributed by atoms with E-state index in [-0.39, 0.29) is 0 Å². The molecule has 1 N–H and O–H groups in total. The molecule has 1 aliphatic rings. The van der Waals surface area contributed by atoms with Gasteiger partial charge < -0.3 is 14.4 Å². The molecule has 18 heavy (non-hydrogen) atoms. The van der Waals surface area contributed by atoms with Crippen LogP contribution in [-0.2, 0) is 13.5 Å². The van der Waals surface area contributed by atoms with E-state index < -0.39 is 6.10 Å². The zero-order chi connectivity index (χ0) is 12.5. The first-order valence-corrected chi connectivity index (χ1v) is 6.16. The molecule has 4 nitrogen and oxygen atoms in total. The Kier molecular flexibility index (Phi) is 2.80. The van der Waals surface area contributed by atoms with Crippen LogP contribution < -0.4 is 4.74 Å². The number of aromatic nitrogens is 2. The molecule has 0 amide bonds. The lowest BCUT2D eigenvalue weighted by molar-refractivity contribution is 0.199. The average Bonchev–Trinajstić information content (AvgIpc) is 2.83. The van der Waals surface area contributed by atoms with Crippen LogP contribution in [-0.4, -0.2) is 21.3 Å². The summed E-state index contributed by atoms with van der Waals surface area (Å²) in [7, 11) is 1.88. The third-order valence-corrected chi connectivity index (χ3v) is 3.39. The van der Waals surface area contributed by atoms with Crippen LogP contribution in [0.25, 0.3) is 0 Å². The molecule has 1 aromatic carbocycles. The second-order valence-electron chi connectivity index (χ2n) is 4.62. The summed E-state index contributed by atoms with van der Waals surface area (Å²) in [6.07, 6.45) is 4.74. The van der Waals surface area contributed by atoms with E-state index >= 15 is 0 Å². The van der Waals surface area contributed by atoms with Gasteiger partial charge in [-0.3, -0.25) is 0 Å². The van der Waals surface area contributed by atoms with Gasteiger partial charge >= 0.3 is 0 Å². The smallest absolute Gasteiger partial charge is 0.128 e. The standard InChI is InChI=1S/C14H16N2O2/c1-16-9-15-8-12(16)13(17)11-6-2-4-10-5-3-7-18-14(10)11/h2,4,6,8-9,13,17H,3,5,7H2,1H3. The fourth-order valence-corrected chi connectivity index (χ4v) is 2.42. The molecular formula is C14H16N2O2. The predicted molar refractivity (Wildman–Crippen MR) is 67.5 cm³/mol. The second-order valence-corrected chi connectivity index (χ2v) is 4.62. The minimum absolute atomic E-state index is 0.689. The highest BCUT2D eigenvalue weighted by Gasteiger charge is 2.22. The van der Waals surface area contributed by atoms with E-state index in [2.05, 4.69) is 11.1 Å². The van der Waals surface area contributed by atoms with Crippen LogP contribution in [0.5, 0.6) is 5.75 Å². The number of nitrogens with zero attached hydrogens (tertiary/aromatic N) is 2.